The van der Waals surface area contributed by atoms with Crippen LogP contribution in [0.3, 0.4) is 0 Å². The topological polar surface area (TPSA) is 12.5 Å². The maximum Gasteiger partial charge on any atom is 0.0995 e. The third-order valence-corrected chi connectivity index (χ3v) is 1.50. The normalized spacial score (nSPS) is 31.5. The van der Waals surface area contributed by atoms with E-state index < -0.39 is 0 Å². The third-order valence-electron chi connectivity index (χ3n) is 1.50. The van der Waals surface area contributed by atoms with Gasteiger partial charge in [0.25, 0.3) is 0 Å². The first-order valence-electron chi connectivity index (χ1n) is 3.17. The van der Waals surface area contributed by atoms with Gasteiger partial charge in [-0.25, -0.2) is 0 Å². The Hall–Kier alpha value is -0.0800. The Morgan fingerprint density at radius 1 is 1.75 bits per heavy atom. The number of ether oxygens (including phenoxy) is 1. The Morgan fingerprint density at radius 2 is 2.50 bits per heavy atom. The van der Waals surface area contributed by atoms with Crippen LogP contribution in [0.2, 0.25) is 0 Å². The fourth-order valence-electron chi connectivity index (χ4n) is 0.922. The lowest BCUT2D eigenvalue weighted by atomic mass is 10.4. The summed E-state index contributed by atoms with van der Waals surface area (Å²) in [6.45, 7) is 7.32. The van der Waals surface area contributed by atoms with E-state index in [2.05, 4.69) is 18.7 Å². The van der Waals surface area contributed by atoms with E-state index in [1.807, 2.05) is 0 Å². The van der Waals surface area contributed by atoms with E-state index in [1.165, 1.54) is 0 Å². The summed E-state index contributed by atoms with van der Waals surface area (Å²) in [6, 6.07) is 0. The smallest absolute Gasteiger partial charge is 0.0995 e. The molecule has 1 aliphatic rings. The molecule has 8 heavy (non-hydrogen) atoms. The van der Waals surface area contributed by atoms with Crippen LogP contribution >= 0.6 is 0 Å². The van der Waals surface area contributed by atoms with Crippen molar-refractivity contribution in [3.8, 4) is 0 Å². The first-order valence-corrected chi connectivity index (χ1v) is 3.17. The minimum absolute atomic E-state index is 0.454. The summed E-state index contributed by atoms with van der Waals surface area (Å²) in [5, 5.41) is 0. The van der Waals surface area contributed by atoms with Crippen molar-refractivity contribution in [3.05, 3.63) is 0 Å². The Kier molecular flexibility index (Phi) is 1.86. The van der Waals surface area contributed by atoms with Crippen molar-refractivity contribution in [3.63, 3.8) is 0 Å². The average Bonchev–Trinajstić information content (AvgIpc) is 2.14. The van der Waals surface area contributed by atoms with Gasteiger partial charge in [0, 0.05) is 6.54 Å². The van der Waals surface area contributed by atoms with Crippen LogP contribution in [-0.4, -0.2) is 30.8 Å². The molecule has 0 bridgehead atoms. The van der Waals surface area contributed by atoms with E-state index in [4.69, 9.17) is 4.74 Å². The second kappa shape index (κ2) is 2.46. The van der Waals surface area contributed by atoms with E-state index in [0.717, 1.165) is 19.8 Å². The third kappa shape index (κ3) is 1.20. The van der Waals surface area contributed by atoms with Crippen molar-refractivity contribution in [1.29, 1.82) is 0 Å². The van der Waals surface area contributed by atoms with Gasteiger partial charge in [0.1, 0.15) is 0 Å². The van der Waals surface area contributed by atoms with Crippen LogP contribution in [0.5, 0.6) is 0 Å². The molecule has 0 aromatic carbocycles. The Morgan fingerprint density at radius 3 is 2.75 bits per heavy atom. The molecule has 1 aliphatic heterocycles. The molecular formula is C6H13NO. The Balaban J connectivity index is 2.22. The summed E-state index contributed by atoms with van der Waals surface area (Å²) in [5.74, 6) is 0. The highest BCUT2D eigenvalue weighted by atomic mass is 16.5. The summed E-state index contributed by atoms with van der Waals surface area (Å²) >= 11 is 0. The highest BCUT2D eigenvalue weighted by Crippen LogP contribution is 2.04. The van der Waals surface area contributed by atoms with Crippen LogP contribution < -0.4 is 0 Å². The van der Waals surface area contributed by atoms with Gasteiger partial charge in [-0.2, -0.15) is 0 Å². The monoisotopic (exact) mass is 115 g/mol. The predicted molar refractivity (Wildman–Crippen MR) is 32.7 cm³/mol. The van der Waals surface area contributed by atoms with Gasteiger partial charge < -0.3 is 4.74 Å². The molecule has 1 atom stereocenters. The lowest BCUT2D eigenvalue weighted by Crippen LogP contribution is -2.20. The molecule has 1 heterocycles. The number of likely N-dealkylation sites (N-methyl/N-ethyl adjacent to an activating group) is 1. The van der Waals surface area contributed by atoms with Crippen molar-refractivity contribution >= 4 is 0 Å². The molecule has 1 unspecified atom stereocenters. The largest absolute Gasteiger partial charge is 0.362 e. The Labute approximate surface area is 50.4 Å². The van der Waals surface area contributed by atoms with Gasteiger partial charge in [-0.05, 0) is 13.5 Å². The number of hydrogen-bond acceptors (Lipinski definition) is 2. The second-order valence-electron chi connectivity index (χ2n) is 2.28. The van der Waals surface area contributed by atoms with Gasteiger partial charge >= 0.3 is 0 Å². The summed E-state index contributed by atoms with van der Waals surface area (Å²) < 4.78 is 5.28. The van der Waals surface area contributed by atoms with Crippen LogP contribution in [0.15, 0.2) is 0 Å². The van der Waals surface area contributed by atoms with E-state index in [9.17, 15) is 0 Å². The van der Waals surface area contributed by atoms with Gasteiger partial charge in [-0.3, -0.25) is 4.90 Å². The fraction of sp³-hybridized carbons (Fsp3) is 1.00. The summed E-state index contributed by atoms with van der Waals surface area (Å²) in [6.07, 6.45) is 0.454. The minimum Gasteiger partial charge on any atom is -0.362 e. The van der Waals surface area contributed by atoms with Crippen molar-refractivity contribution in [2.45, 2.75) is 20.0 Å². The molecule has 0 aromatic rings. The molecule has 0 saturated carbocycles. The average molecular weight is 115 g/mol. The lowest BCUT2D eigenvalue weighted by molar-refractivity contribution is 0.101. The van der Waals surface area contributed by atoms with Crippen LogP contribution in [0, 0.1) is 0 Å². The molecule has 2 heteroatoms. The molecular weight excluding hydrogens is 102 g/mol. The summed E-state index contributed by atoms with van der Waals surface area (Å²) in [5.41, 5.74) is 0. The van der Waals surface area contributed by atoms with Crippen LogP contribution in [0.25, 0.3) is 0 Å². The molecule has 2 nitrogen and oxygen atoms in total. The van der Waals surface area contributed by atoms with Crippen molar-refractivity contribution in [2.75, 3.05) is 19.8 Å². The predicted octanol–water partition coefficient (Wildman–Crippen LogP) is 0.684. The fourth-order valence-corrected chi connectivity index (χ4v) is 0.922. The first-order chi connectivity index (χ1) is 3.83. The van der Waals surface area contributed by atoms with Crippen LogP contribution in [0.1, 0.15) is 13.8 Å². The van der Waals surface area contributed by atoms with Gasteiger partial charge in [0.15, 0.2) is 0 Å². The number of rotatable bonds is 1. The SMILES string of the molecule is CCN1COC(C)C1. The van der Waals surface area contributed by atoms with Gasteiger partial charge in [0.05, 0.1) is 12.8 Å². The quantitative estimate of drug-likeness (QED) is 0.498. The van der Waals surface area contributed by atoms with Crippen molar-refractivity contribution < 1.29 is 4.74 Å². The van der Waals surface area contributed by atoms with Gasteiger partial charge in [0.2, 0.25) is 0 Å². The zero-order valence-corrected chi connectivity index (χ0v) is 5.55. The molecule has 1 fully saturated rings. The Bertz CT molecular complexity index is 74.9. The van der Waals surface area contributed by atoms with Gasteiger partial charge in [-0.15, -0.1) is 0 Å². The highest BCUT2D eigenvalue weighted by Gasteiger charge is 2.16. The molecule has 48 valence electrons. The first kappa shape index (κ1) is 6.05. The molecule has 0 aliphatic carbocycles. The standard InChI is InChI=1S/C6H13NO/c1-3-7-4-6(2)8-5-7/h6H,3-5H2,1-2H3. The molecule has 0 aromatic heterocycles. The molecule has 0 N–H and O–H groups in total. The maximum atomic E-state index is 5.28. The van der Waals surface area contributed by atoms with Gasteiger partial charge in [-0.1, -0.05) is 6.92 Å². The number of hydrogen-bond donors (Lipinski definition) is 0. The van der Waals surface area contributed by atoms with E-state index >= 15 is 0 Å². The summed E-state index contributed by atoms with van der Waals surface area (Å²) in [4.78, 5) is 2.28. The van der Waals surface area contributed by atoms with Crippen LogP contribution in [-0.2, 0) is 4.74 Å². The molecule has 1 saturated heterocycles. The highest BCUT2D eigenvalue weighted by molar-refractivity contribution is 4.63. The van der Waals surface area contributed by atoms with Crippen molar-refractivity contribution in [1.82, 2.24) is 4.90 Å². The lowest BCUT2D eigenvalue weighted by Gasteiger charge is -2.06. The molecule has 0 spiro atoms. The zero-order chi connectivity index (χ0) is 5.98. The van der Waals surface area contributed by atoms with Crippen molar-refractivity contribution in [2.24, 2.45) is 0 Å². The van der Waals surface area contributed by atoms with E-state index in [0.29, 0.717) is 6.10 Å². The number of nitrogens with zero attached hydrogens (tertiary/aromatic N) is 1. The second-order valence-corrected chi connectivity index (χ2v) is 2.28. The van der Waals surface area contributed by atoms with Crippen LogP contribution in [0.4, 0.5) is 0 Å². The minimum atomic E-state index is 0.454. The maximum absolute atomic E-state index is 5.28. The zero-order valence-electron chi connectivity index (χ0n) is 5.55. The van der Waals surface area contributed by atoms with E-state index in [1.54, 1.807) is 0 Å². The van der Waals surface area contributed by atoms with E-state index in [-0.39, 0.29) is 0 Å². The summed E-state index contributed by atoms with van der Waals surface area (Å²) in [7, 11) is 0. The molecule has 0 radical (unpaired) electrons. The molecule has 0 amide bonds. The molecule has 1 rings (SSSR count).